The fraction of sp³-hybridized carbons (Fsp3) is 0.435. The van der Waals surface area contributed by atoms with E-state index < -0.39 is 22.6 Å². The normalized spacial score (nSPS) is 14.8. The molecule has 33 heavy (non-hydrogen) atoms. The van der Waals surface area contributed by atoms with Crippen LogP contribution in [0.25, 0.3) is 10.8 Å². The Morgan fingerprint density at radius 2 is 1.73 bits per heavy atom. The van der Waals surface area contributed by atoms with Gasteiger partial charge in [0, 0.05) is 19.6 Å². The Kier molecular flexibility index (Phi) is 8.40. The fourth-order valence-electron chi connectivity index (χ4n) is 3.64. The number of piperidine rings is 1. The van der Waals surface area contributed by atoms with Crippen molar-refractivity contribution in [2.75, 3.05) is 32.8 Å². The Hall–Kier alpha value is -2.98. The summed E-state index contributed by atoms with van der Waals surface area (Å²) < 4.78 is 37.4. The van der Waals surface area contributed by atoms with E-state index in [4.69, 9.17) is 9.47 Å². The summed E-state index contributed by atoms with van der Waals surface area (Å²) in [4.78, 5) is 37.6. The molecule has 1 heterocycles. The summed E-state index contributed by atoms with van der Waals surface area (Å²) in [6, 6.07) is 12.2. The molecule has 1 saturated heterocycles. The highest BCUT2D eigenvalue weighted by Gasteiger charge is 2.28. The van der Waals surface area contributed by atoms with Crippen LogP contribution in [0.2, 0.25) is 0 Å². The first-order chi connectivity index (χ1) is 15.8. The van der Waals surface area contributed by atoms with E-state index in [9.17, 15) is 22.8 Å². The molecule has 3 rings (SSSR count). The van der Waals surface area contributed by atoms with Crippen molar-refractivity contribution in [1.82, 2.24) is 9.62 Å². The number of carbonyl (C=O) groups is 3. The van der Waals surface area contributed by atoms with Gasteiger partial charge in [0.05, 0.1) is 23.8 Å². The first kappa shape index (κ1) is 24.7. The van der Waals surface area contributed by atoms with Gasteiger partial charge in [0.2, 0.25) is 10.0 Å². The van der Waals surface area contributed by atoms with Crippen LogP contribution in [-0.4, -0.2) is 64.0 Å². The predicted octanol–water partition coefficient (Wildman–Crippen LogP) is 1.85. The third-order valence-corrected chi connectivity index (χ3v) is 6.94. The van der Waals surface area contributed by atoms with Gasteiger partial charge >= 0.3 is 11.9 Å². The molecule has 0 aliphatic carbocycles. The van der Waals surface area contributed by atoms with Crippen LogP contribution >= 0.6 is 0 Å². The largest absolute Gasteiger partial charge is 0.466 e. The first-order valence-corrected chi connectivity index (χ1v) is 12.4. The van der Waals surface area contributed by atoms with E-state index in [2.05, 4.69) is 4.72 Å². The van der Waals surface area contributed by atoms with Gasteiger partial charge in [-0.1, -0.05) is 30.3 Å². The molecule has 0 radical (unpaired) electrons. The number of likely N-dealkylation sites (tertiary alicyclic amines) is 1. The lowest BCUT2D eigenvalue weighted by atomic mass is 9.97. The summed E-state index contributed by atoms with van der Waals surface area (Å²) >= 11 is 0. The standard InChI is InChI=1S/C23H28N2O7S/c1-2-31-23(28)18-10-13-25(14-11-18)21(26)16-32-22(27)9-12-24-33(29,30)20-8-7-17-5-3-4-6-19(17)15-20/h3-8,15,18,24H,2,9-14,16H2,1H3. The Balaban J connectivity index is 1.39. The topological polar surface area (TPSA) is 119 Å². The van der Waals surface area contributed by atoms with Crippen LogP contribution in [0.1, 0.15) is 26.2 Å². The molecule has 1 aliphatic heterocycles. The number of nitrogens with one attached hydrogen (secondary N) is 1. The lowest BCUT2D eigenvalue weighted by Gasteiger charge is -2.30. The van der Waals surface area contributed by atoms with Crippen molar-refractivity contribution in [2.24, 2.45) is 5.92 Å². The van der Waals surface area contributed by atoms with Crippen LogP contribution < -0.4 is 4.72 Å². The third kappa shape index (κ3) is 6.75. The smallest absolute Gasteiger partial charge is 0.309 e. The highest BCUT2D eigenvalue weighted by atomic mass is 32.2. The maximum atomic E-state index is 12.5. The molecule has 178 valence electrons. The monoisotopic (exact) mass is 476 g/mol. The molecule has 0 atom stereocenters. The summed E-state index contributed by atoms with van der Waals surface area (Å²) in [5.41, 5.74) is 0. The summed E-state index contributed by atoms with van der Waals surface area (Å²) in [6.07, 6.45) is 0.815. The first-order valence-electron chi connectivity index (χ1n) is 10.9. The van der Waals surface area contributed by atoms with Crippen LogP contribution in [-0.2, 0) is 33.9 Å². The minimum absolute atomic E-state index is 0.107. The number of nitrogens with zero attached hydrogens (tertiary/aromatic N) is 1. The minimum atomic E-state index is -3.78. The van der Waals surface area contributed by atoms with Crippen molar-refractivity contribution < 1.29 is 32.3 Å². The highest BCUT2D eigenvalue weighted by Crippen LogP contribution is 2.20. The number of rotatable bonds is 9. The van der Waals surface area contributed by atoms with E-state index in [1.165, 1.54) is 6.07 Å². The molecule has 0 unspecified atom stereocenters. The van der Waals surface area contributed by atoms with Crippen molar-refractivity contribution in [3.8, 4) is 0 Å². The van der Waals surface area contributed by atoms with Crippen molar-refractivity contribution in [3.05, 3.63) is 42.5 Å². The molecule has 0 aromatic heterocycles. The number of fused-ring (bicyclic) bond motifs is 1. The second-order valence-electron chi connectivity index (χ2n) is 7.72. The Bertz CT molecular complexity index is 1110. The van der Waals surface area contributed by atoms with E-state index in [0.717, 1.165) is 10.8 Å². The number of carbonyl (C=O) groups excluding carboxylic acids is 3. The van der Waals surface area contributed by atoms with E-state index >= 15 is 0 Å². The predicted molar refractivity (Wildman–Crippen MR) is 121 cm³/mol. The fourth-order valence-corrected chi connectivity index (χ4v) is 4.70. The zero-order chi connectivity index (χ0) is 23.8. The molecule has 2 aromatic carbocycles. The molecule has 1 fully saturated rings. The second-order valence-corrected chi connectivity index (χ2v) is 9.49. The highest BCUT2D eigenvalue weighted by molar-refractivity contribution is 7.89. The summed E-state index contributed by atoms with van der Waals surface area (Å²) in [5.74, 6) is -1.48. The van der Waals surface area contributed by atoms with Gasteiger partial charge < -0.3 is 14.4 Å². The summed E-state index contributed by atoms with van der Waals surface area (Å²) in [6.45, 7) is 2.30. The van der Waals surface area contributed by atoms with E-state index in [0.29, 0.717) is 32.5 Å². The van der Waals surface area contributed by atoms with Crippen molar-refractivity contribution in [3.63, 3.8) is 0 Å². The molecule has 1 aliphatic rings. The van der Waals surface area contributed by atoms with Crippen LogP contribution in [0, 0.1) is 5.92 Å². The van der Waals surface area contributed by atoms with Crippen molar-refractivity contribution in [1.29, 1.82) is 0 Å². The lowest BCUT2D eigenvalue weighted by Crippen LogP contribution is -2.42. The number of ether oxygens (including phenoxy) is 2. The summed E-state index contributed by atoms with van der Waals surface area (Å²) in [5, 5.41) is 1.72. The van der Waals surface area contributed by atoms with Gasteiger partial charge in [-0.2, -0.15) is 0 Å². The second kappa shape index (κ2) is 11.2. The molecule has 0 bridgehead atoms. The maximum Gasteiger partial charge on any atom is 0.309 e. The average molecular weight is 477 g/mol. The molecular weight excluding hydrogens is 448 g/mol. The van der Waals surface area contributed by atoms with Gasteiger partial charge in [0.15, 0.2) is 6.61 Å². The van der Waals surface area contributed by atoms with Crippen molar-refractivity contribution in [2.45, 2.75) is 31.1 Å². The van der Waals surface area contributed by atoms with Crippen LogP contribution in [0.5, 0.6) is 0 Å². The Morgan fingerprint density at radius 3 is 2.42 bits per heavy atom. The van der Waals surface area contributed by atoms with Gasteiger partial charge in [0.25, 0.3) is 5.91 Å². The molecule has 9 nitrogen and oxygen atoms in total. The van der Waals surface area contributed by atoms with Gasteiger partial charge in [-0.05, 0) is 42.7 Å². The molecule has 2 aromatic rings. The quantitative estimate of drug-likeness (QED) is 0.549. The van der Waals surface area contributed by atoms with Gasteiger partial charge in [-0.3, -0.25) is 14.4 Å². The zero-order valence-corrected chi connectivity index (χ0v) is 19.3. The van der Waals surface area contributed by atoms with Crippen LogP contribution in [0.4, 0.5) is 0 Å². The van der Waals surface area contributed by atoms with Crippen LogP contribution in [0.3, 0.4) is 0 Å². The van der Waals surface area contributed by atoms with E-state index in [-0.39, 0.29) is 35.7 Å². The molecule has 10 heteroatoms. The van der Waals surface area contributed by atoms with Gasteiger partial charge in [-0.25, -0.2) is 13.1 Å². The average Bonchev–Trinajstić information content (AvgIpc) is 2.82. The zero-order valence-electron chi connectivity index (χ0n) is 18.5. The Labute approximate surface area is 193 Å². The molecule has 1 N–H and O–H groups in total. The van der Waals surface area contributed by atoms with Gasteiger partial charge in [-0.15, -0.1) is 0 Å². The van der Waals surface area contributed by atoms with Crippen molar-refractivity contribution >= 4 is 38.6 Å². The van der Waals surface area contributed by atoms with E-state index in [1.54, 1.807) is 24.0 Å². The Morgan fingerprint density at radius 1 is 1.03 bits per heavy atom. The molecule has 0 saturated carbocycles. The molecule has 1 amide bonds. The molecule has 0 spiro atoms. The van der Waals surface area contributed by atoms with E-state index in [1.807, 2.05) is 24.3 Å². The third-order valence-electron chi connectivity index (χ3n) is 5.48. The van der Waals surface area contributed by atoms with Crippen LogP contribution in [0.15, 0.2) is 47.4 Å². The SMILES string of the molecule is CCOC(=O)C1CCN(C(=O)COC(=O)CCNS(=O)(=O)c2ccc3ccccc3c2)CC1. The number of amides is 1. The molecular formula is C23H28N2O7S. The number of sulfonamides is 1. The van der Waals surface area contributed by atoms with Gasteiger partial charge in [0.1, 0.15) is 0 Å². The minimum Gasteiger partial charge on any atom is -0.466 e. The number of hydrogen-bond acceptors (Lipinski definition) is 7. The number of esters is 2. The summed E-state index contributed by atoms with van der Waals surface area (Å²) in [7, 11) is -3.78. The lowest BCUT2D eigenvalue weighted by molar-refractivity contribution is -0.154. The number of benzene rings is 2. The number of hydrogen-bond donors (Lipinski definition) is 1. The maximum absolute atomic E-state index is 12.5.